The number of nitrogens with one attached hydrogen (secondary N) is 1. The number of rotatable bonds is 6. The van der Waals surface area contributed by atoms with Crippen LogP contribution in [0.25, 0.3) is 0 Å². The molecule has 1 fully saturated rings. The molecule has 21 heavy (non-hydrogen) atoms. The van der Waals surface area contributed by atoms with Crippen LogP contribution >= 0.6 is 23.1 Å². The molecule has 0 spiro atoms. The minimum absolute atomic E-state index is 0.110. The maximum Gasteiger partial charge on any atom is 0.326 e. The summed E-state index contributed by atoms with van der Waals surface area (Å²) in [5.41, 5.74) is 1.20. The molecule has 0 saturated heterocycles. The third-order valence-corrected chi connectivity index (χ3v) is 5.62. The van der Waals surface area contributed by atoms with E-state index in [2.05, 4.69) is 29.4 Å². The zero-order chi connectivity index (χ0) is 15.3. The summed E-state index contributed by atoms with van der Waals surface area (Å²) in [4.78, 5) is 12.5. The Bertz CT molecular complexity index is 453. The highest BCUT2D eigenvalue weighted by Crippen LogP contribution is 2.39. The largest absolute Gasteiger partial charge is 0.465 e. The maximum atomic E-state index is 12.5. The molecule has 0 radical (unpaired) electrons. The summed E-state index contributed by atoms with van der Waals surface area (Å²) < 4.78 is 6.31. The monoisotopic (exact) mass is 329 g/mol. The molecule has 2 rings (SSSR count). The molecule has 1 aromatic heterocycles. The summed E-state index contributed by atoms with van der Waals surface area (Å²) in [7, 11) is 0. The van der Waals surface area contributed by atoms with Crippen LogP contribution in [-0.4, -0.2) is 39.6 Å². The Morgan fingerprint density at radius 1 is 1.67 bits per heavy atom. The van der Waals surface area contributed by atoms with Crippen molar-refractivity contribution in [3.05, 3.63) is 5.51 Å². The van der Waals surface area contributed by atoms with Crippen molar-refractivity contribution in [2.75, 3.05) is 6.61 Å². The zero-order valence-electron chi connectivity index (χ0n) is 12.8. The van der Waals surface area contributed by atoms with Crippen LogP contribution < -0.4 is 5.32 Å². The topological polar surface area (TPSA) is 64.1 Å². The highest BCUT2D eigenvalue weighted by atomic mass is 32.2. The number of esters is 1. The lowest BCUT2D eigenvalue weighted by Gasteiger charge is -2.40. The Hall–Kier alpha value is -0.660. The van der Waals surface area contributed by atoms with Gasteiger partial charge in [0.15, 0.2) is 4.34 Å². The SMILES string of the molecule is CCOC(=O)C1(NC(C)C)CCCC(Sc2nncs2)C1. The molecule has 1 heterocycles. The molecule has 1 aliphatic carbocycles. The number of aromatic nitrogens is 2. The Morgan fingerprint density at radius 3 is 3.10 bits per heavy atom. The fraction of sp³-hybridized carbons (Fsp3) is 0.786. The second-order valence-electron chi connectivity index (χ2n) is 5.64. The van der Waals surface area contributed by atoms with Gasteiger partial charge < -0.3 is 4.74 Å². The van der Waals surface area contributed by atoms with Gasteiger partial charge in [0.25, 0.3) is 0 Å². The summed E-state index contributed by atoms with van der Waals surface area (Å²) in [6.45, 7) is 6.43. The van der Waals surface area contributed by atoms with E-state index in [1.807, 2.05) is 6.92 Å². The summed E-state index contributed by atoms with van der Waals surface area (Å²) >= 11 is 3.29. The van der Waals surface area contributed by atoms with Crippen molar-refractivity contribution in [3.63, 3.8) is 0 Å². The Labute approximate surface area is 134 Å². The highest BCUT2D eigenvalue weighted by Gasteiger charge is 2.44. The first kappa shape index (κ1) is 16.7. The molecule has 1 saturated carbocycles. The molecule has 5 nitrogen and oxygen atoms in total. The standard InChI is InChI=1S/C14H23N3O2S2/c1-4-19-12(18)14(16-10(2)3)7-5-6-11(8-14)21-13-17-15-9-20-13/h9-11,16H,4-8H2,1-3H3. The average molecular weight is 329 g/mol. The summed E-state index contributed by atoms with van der Waals surface area (Å²) in [5.74, 6) is -0.110. The quantitative estimate of drug-likeness (QED) is 0.810. The first-order valence-electron chi connectivity index (χ1n) is 7.43. The molecule has 2 atom stereocenters. The molecule has 0 bridgehead atoms. The van der Waals surface area contributed by atoms with E-state index in [9.17, 15) is 4.79 Å². The summed E-state index contributed by atoms with van der Waals surface area (Å²) in [6.07, 6.45) is 3.76. The molecule has 0 amide bonds. The van der Waals surface area contributed by atoms with E-state index in [1.165, 1.54) is 0 Å². The van der Waals surface area contributed by atoms with Crippen LogP contribution in [0.15, 0.2) is 9.85 Å². The van der Waals surface area contributed by atoms with Gasteiger partial charge in [0.1, 0.15) is 11.0 Å². The second kappa shape index (κ2) is 7.56. The Morgan fingerprint density at radius 2 is 2.48 bits per heavy atom. The number of nitrogens with zero attached hydrogens (tertiary/aromatic N) is 2. The van der Waals surface area contributed by atoms with Gasteiger partial charge >= 0.3 is 5.97 Å². The van der Waals surface area contributed by atoms with Crippen LogP contribution in [0.3, 0.4) is 0 Å². The van der Waals surface area contributed by atoms with Gasteiger partial charge in [-0.05, 0) is 46.5 Å². The number of thioether (sulfide) groups is 1. The number of carbonyl (C=O) groups is 1. The van der Waals surface area contributed by atoms with Crippen LogP contribution in [0.4, 0.5) is 0 Å². The second-order valence-corrected chi connectivity index (χ2v) is 8.02. The normalized spacial score (nSPS) is 26.0. The number of carbonyl (C=O) groups excluding carboxylic acids is 1. The molecule has 118 valence electrons. The summed E-state index contributed by atoms with van der Waals surface area (Å²) in [5, 5.41) is 11.8. The van der Waals surface area contributed by atoms with Gasteiger partial charge in [0.05, 0.1) is 6.61 Å². The third-order valence-electron chi connectivity index (χ3n) is 3.54. The molecule has 1 N–H and O–H groups in total. The molecular weight excluding hydrogens is 306 g/mol. The Kier molecular flexibility index (Phi) is 6.01. The minimum Gasteiger partial charge on any atom is -0.465 e. The van der Waals surface area contributed by atoms with Gasteiger partial charge in [-0.2, -0.15) is 0 Å². The Balaban J connectivity index is 2.09. The third kappa shape index (κ3) is 4.40. The van der Waals surface area contributed by atoms with E-state index < -0.39 is 5.54 Å². The first-order valence-corrected chi connectivity index (χ1v) is 9.19. The van der Waals surface area contributed by atoms with Crippen LogP contribution in [-0.2, 0) is 9.53 Å². The molecule has 0 aliphatic heterocycles. The predicted molar refractivity (Wildman–Crippen MR) is 85.7 cm³/mol. The lowest BCUT2D eigenvalue weighted by Crippen LogP contribution is -2.58. The van der Waals surface area contributed by atoms with Crippen LogP contribution in [0, 0.1) is 0 Å². The van der Waals surface area contributed by atoms with E-state index in [0.717, 1.165) is 30.0 Å². The first-order chi connectivity index (χ1) is 10.1. The van der Waals surface area contributed by atoms with E-state index in [1.54, 1.807) is 28.6 Å². The zero-order valence-corrected chi connectivity index (χ0v) is 14.4. The van der Waals surface area contributed by atoms with Gasteiger partial charge in [-0.1, -0.05) is 23.1 Å². The fourth-order valence-electron chi connectivity index (χ4n) is 2.88. The van der Waals surface area contributed by atoms with Crippen molar-refractivity contribution >= 4 is 29.1 Å². The highest BCUT2D eigenvalue weighted by molar-refractivity contribution is 8.01. The molecule has 0 aromatic carbocycles. The van der Waals surface area contributed by atoms with E-state index >= 15 is 0 Å². The van der Waals surface area contributed by atoms with Crippen molar-refractivity contribution in [2.24, 2.45) is 0 Å². The number of hydrogen-bond donors (Lipinski definition) is 1. The average Bonchev–Trinajstić information content (AvgIpc) is 2.91. The summed E-state index contributed by atoms with van der Waals surface area (Å²) in [6, 6.07) is 0.250. The van der Waals surface area contributed by atoms with E-state index in [4.69, 9.17) is 4.74 Å². The van der Waals surface area contributed by atoms with Crippen LogP contribution in [0.5, 0.6) is 0 Å². The van der Waals surface area contributed by atoms with Gasteiger partial charge in [-0.25, -0.2) is 0 Å². The lowest BCUT2D eigenvalue weighted by molar-refractivity contribution is -0.153. The maximum absolute atomic E-state index is 12.5. The number of hydrogen-bond acceptors (Lipinski definition) is 7. The fourth-order valence-corrected chi connectivity index (χ4v) is 4.95. The minimum atomic E-state index is -0.551. The van der Waals surface area contributed by atoms with Crippen molar-refractivity contribution in [3.8, 4) is 0 Å². The van der Waals surface area contributed by atoms with Crippen LogP contribution in [0.2, 0.25) is 0 Å². The van der Waals surface area contributed by atoms with Crippen molar-refractivity contribution in [2.45, 2.75) is 67.6 Å². The smallest absolute Gasteiger partial charge is 0.326 e. The molecule has 7 heteroatoms. The molecule has 1 aliphatic rings. The molecule has 2 unspecified atom stereocenters. The van der Waals surface area contributed by atoms with Gasteiger partial charge in [-0.3, -0.25) is 10.1 Å². The van der Waals surface area contributed by atoms with Gasteiger partial charge in [0.2, 0.25) is 0 Å². The van der Waals surface area contributed by atoms with Gasteiger partial charge in [0, 0.05) is 11.3 Å². The predicted octanol–water partition coefficient (Wildman–Crippen LogP) is 2.87. The van der Waals surface area contributed by atoms with E-state index in [-0.39, 0.29) is 12.0 Å². The van der Waals surface area contributed by atoms with Gasteiger partial charge in [-0.15, -0.1) is 10.2 Å². The van der Waals surface area contributed by atoms with Crippen LogP contribution in [0.1, 0.15) is 46.5 Å². The van der Waals surface area contributed by atoms with Crippen molar-refractivity contribution < 1.29 is 9.53 Å². The van der Waals surface area contributed by atoms with Crippen molar-refractivity contribution in [1.29, 1.82) is 0 Å². The van der Waals surface area contributed by atoms with Crippen molar-refractivity contribution in [1.82, 2.24) is 15.5 Å². The number of ether oxygens (including phenoxy) is 1. The lowest BCUT2D eigenvalue weighted by atomic mass is 9.80. The molecule has 1 aromatic rings. The van der Waals surface area contributed by atoms with E-state index in [0.29, 0.717) is 11.9 Å². The molecular formula is C14H23N3O2S2.